The molecule has 2 N–H and O–H groups in total. The number of likely N-dealkylation sites (tertiary alicyclic amines) is 1. The number of carboxylic acids is 1. The van der Waals surface area contributed by atoms with E-state index in [1.165, 1.54) is 0 Å². The minimum atomic E-state index is -0.738. The Morgan fingerprint density at radius 2 is 1.41 bits per heavy atom. The molecule has 0 aromatic rings. The van der Waals surface area contributed by atoms with Gasteiger partial charge in [-0.05, 0) is 38.8 Å². The highest BCUT2D eigenvalue weighted by Gasteiger charge is 2.31. The maximum atomic E-state index is 12.6. The molecule has 0 aromatic heterocycles. The first-order valence-electron chi connectivity index (χ1n) is 9.31. The molecule has 0 aliphatic carbocycles. The average molecular weight is 448 g/mol. The van der Waals surface area contributed by atoms with Gasteiger partial charge >= 0.3 is 5.97 Å². The zero-order valence-electron chi connectivity index (χ0n) is 15.7. The Balaban J connectivity index is 0.00000225. The van der Waals surface area contributed by atoms with Crippen LogP contribution in [0.2, 0.25) is 0 Å². The minimum absolute atomic E-state index is 0. The fourth-order valence-corrected chi connectivity index (χ4v) is 4.27. The van der Waals surface area contributed by atoms with Crippen LogP contribution < -0.4 is 5.32 Å². The van der Waals surface area contributed by atoms with Crippen LogP contribution in [0.3, 0.4) is 0 Å². The molecule has 0 bridgehead atoms. The molecule has 0 atom stereocenters. The van der Waals surface area contributed by atoms with E-state index in [0.717, 1.165) is 78.0 Å². The summed E-state index contributed by atoms with van der Waals surface area (Å²) in [5.41, 5.74) is 0. The lowest BCUT2D eigenvalue weighted by Gasteiger charge is -2.43. The predicted octanol–water partition coefficient (Wildman–Crippen LogP) is 0.945. The van der Waals surface area contributed by atoms with Crippen molar-refractivity contribution in [2.45, 2.75) is 31.7 Å². The van der Waals surface area contributed by atoms with Crippen molar-refractivity contribution in [1.29, 1.82) is 0 Å². The first-order chi connectivity index (χ1) is 11.6. The van der Waals surface area contributed by atoms with E-state index < -0.39 is 5.97 Å². The average Bonchev–Trinajstić information content (AvgIpc) is 2.62. The van der Waals surface area contributed by atoms with E-state index in [9.17, 15) is 9.59 Å². The Kier molecular flexibility index (Phi) is 12.9. The molecule has 10 heteroatoms. The highest BCUT2D eigenvalue weighted by molar-refractivity contribution is 5.86. The van der Waals surface area contributed by atoms with E-state index in [1.807, 2.05) is 4.90 Å². The second-order valence-electron chi connectivity index (χ2n) is 7.29. The molecule has 3 heterocycles. The first-order valence-corrected chi connectivity index (χ1v) is 9.31. The Morgan fingerprint density at radius 3 is 1.93 bits per heavy atom. The van der Waals surface area contributed by atoms with E-state index in [0.29, 0.717) is 11.9 Å². The summed E-state index contributed by atoms with van der Waals surface area (Å²) in [5.74, 6) is -0.164. The SMILES string of the molecule is Cl.Cl.Cl.O=C(O)CN1CCC(N2CCN(C(=O)C3CCNCC3)CC2)CC1. The molecule has 7 nitrogen and oxygen atoms in total. The van der Waals surface area contributed by atoms with Crippen LogP contribution in [0.15, 0.2) is 0 Å². The smallest absolute Gasteiger partial charge is 0.317 e. The van der Waals surface area contributed by atoms with Crippen molar-refractivity contribution >= 4 is 49.1 Å². The quantitative estimate of drug-likeness (QED) is 0.668. The molecule has 27 heavy (non-hydrogen) atoms. The van der Waals surface area contributed by atoms with Gasteiger partial charge in [0.2, 0.25) is 5.91 Å². The highest BCUT2D eigenvalue weighted by atomic mass is 35.5. The van der Waals surface area contributed by atoms with Gasteiger partial charge in [0.05, 0.1) is 6.54 Å². The second kappa shape index (κ2) is 13.0. The van der Waals surface area contributed by atoms with Crippen LogP contribution in [0.4, 0.5) is 0 Å². The van der Waals surface area contributed by atoms with Gasteiger partial charge in [-0.25, -0.2) is 0 Å². The van der Waals surface area contributed by atoms with Crippen molar-refractivity contribution in [3.8, 4) is 0 Å². The number of piperazine rings is 1. The number of halogens is 3. The second-order valence-corrected chi connectivity index (χ2v) is 7.29. The number of rotatable bonds is 4. The summed E-state index contributed by atoms with van der Waals surface area (Å²) < 4.78 is 0. The number of carbonyl (C=O) groups is 2. The monoisotopic (exact) mass is 446 g/mol. The van der Waals surface area contributed by atoms with Gasteiger partial charge in [-0.2, -0.15) is 0 Å². The summed E-state index contributed by atoms with van der Waals surface area (Å²) in [6.45, 7) is 7.43. The molecular formula is C17H33Cl3N4O3. The van der Waals surface area contributed by atoms with Crippen LogP contribution in [-0.2, 0) is 9.59 Å². The maximum Gasteiger partial charge on any atom is 0.317 e. The predicted molar refractivity (Wildman–Crippen MR) is 113 cm³/mol. The van der Waals surface area contributed by atoms with Gasteiger partial charge in [-0.1, -0.05) is 0 Å². The number of hydrogen-bond acceptors (Lipinski definition) is 5. The third-order valence-corrected chi connectivity index (χ3v) is 5.75. The Hall–Kier alpha value is -0.310. The summed E-state index contributed by atoms with van der Waals surface area (Å²) in [6.07, 6.45) is 4.02. The number of carboxylic acid groups (broad SMARTS) is 1. The minimum Gasteiger partial charge on any atom is -0.480 e. The number of aliphatic carboxylic acids is 1. The van der Waals surface area contributed by atoms with Crippen LogP contribution in [0.25, 0.3) is 0 Å². The number of nitrogens with zero attached hydrogens (tertiary/aromatic N) is 3. The molecular weight excluding hydrogens is 415 g/mol. The van der Waals surface area contributed by atoms with Crippen molar-refractivity contribution in [2.24, 2.45) is 5.92 Å². The summed E-state index contributed by atoms with van der Waals surface area (Å²) in [5, 5.41) is 12.2. The molecule has 0 saturated carbocycles. The van der Waals surface area contributed by atoms with Gasteiger partial charge in [0, 0.05) is 51.2 Å². The van der Waals surface area contributed by atoms with E-state index in [1.54, 1.807) is 0 Å². The topological polar surface area (TPSA) is 76.1 Å². The normalized spacial score (nSPS) is 22.9. The van der Waals surface area contributed by atoms with Gasteiger partial charge in [-0.15, -0.1) is 37.2 Å². The molecule has 3 fully saturated rings. The molecule has 3 aliphatic rings. The lowest BCUT2D eigenvalue weighted by Crippen LogP contribution is -2.55. The number of amides is 1. The van der Waals surface area contributed by atoms with Crippen LogP contribution in [0.1, 0.15) is 25.7 Å². The third-order valence-electron chi connectivity index (χ3n) is 5.75. The largest absolute Gasteiger partial charge is 0.480 e. The van der Waals surface area contributed by atoms with Crippen LogP contribution >= 0.6 is 37.2 Å². The molecule has 3 rings (SSSR count). The summed E-state index contributed by atoms with van der Waals surface area (Å²) >= 11 is 0. The van der Waals surface area contributed by atoms with Crippen molar-refractivity contribution in [2.75, 3.05) is 58.9 Å². The summed E-state index contributed by atoms with van der Waals surface area (Å²) in [6, 6.07) is 0.547. The Bertz CT molecular complexity index is 451. The van der Waals surface area contributed by atoms with E-state index in [-0.39, 0.29) is 49.7 Å². The Morgan fingerprint density at radius 1 is 0.852 bits per heavy atom. The van der Waals surface area contributed by atoms with Crippen molar-refractivity contribution in [1.82, 2.24) is 20.0 Å². The molecule has 160 valence electrons. The third kappa shape index (κ3) is 7.55. The van der Waals surface area contributed by atoms with E-state index in [2.05, 4.69) is 15.1 Å². The van der Waals surface area contributed by atoms with Gasteiger partial charge in [0.1, 0.15) is 0 Å². The molecule has 0 unspecified atom stereocenters. The number of hydrogen-bond donors (Lipinski definition) is 2. The fourth-order valence-electron chi connectivity index (χ4n) is 4.27. The van der Waals surface area contributed by atoms with Crippen molar-refractivity contribution in [3.63, 3.8) is 0 Å². The molecule has 3 saturated heterocycles. The van der Waals surface area contributed by atoms with E-state index in [4.69, 9.17) is 5.11 Å². The van der Waals surface area contributed by atoms with Crippen LogP contribution in [0, 0.1) is 5.92 Å². The molecule has 3 aliphatic heterocycles. The number of carbonyl (C=O) groups excluding carboxylic acids is 1. The van der Waals surface area contributed by atoms with Crippen molar-refractivity contribution < 1.29 is 14.7 Å². The first kappa shape index (κ1) is 26.7. The maximum absolute atomic E-state index is 12.6. The Labute approximate surface area is 180 Å². The summed E-state index contributed by atoms with van der Waals surface area (Å²) in [4.78, 5) is 30.0. The zero-order chi connectivity index (χ0) is 16.9. The zero-order valence-corrected chi connectivity index (χ0v) is 18.1. The lowest BCUT2D eigenvalue weighted by molar-refractivity contribution is -0.138. The summed E-state index contributed by atoms with van der Waals surface area (Å²) in [7, 11) is 0. The number of piperidine rings is 2. The fraction of sp³-hybridized carbons (Fsp3) is 0.882. The van der Waals surface area contributed by atoms with Gasteiger partial charge in [0.25, 0.3) is 0 Å². The van der Waals surface area contributed by atoms with Gasteiger partial charge < -0.3 is 15.3 Å². The van der Waals surface area contributed by atoms with Gasteiger partial charge in [0.15, 0.2) is 0 Å². The number of nitrogens with one attached hydrogen (secondary N) is 1. The van der Waals surface area contributed by atoms with E-state index >= 15 is 0 Å². The molecule has 0 spiro atoms. The lowest BCUT2D eigenvalue weighted by atomic mass is 9.96. The van der Waals surface area contributed by atoms with Crippen molar-refractivity contribution in [3.05, 3.63) is 0 Å². The standard InChI is InChI=1S/C17H30N4O3.3ClH/c22-16(23)13-19-7-3-15(4-8-19)20-9-11-21(12-10-20)17(24)14-1-5-18-6-2-14;;;/h14-15,18H,1-13H2,(H,22,23);3*1H. The van der Waals surface area contributed by atoms with Gasteiger partial charge in [-0.3, -0.25) is 19.4 Å². The van der Waals surface area contributed by atoms with Crippen LogP contribution in [0.5, 0.6) is 0 Å². The highest BCUT2D eigenvalue weighted by Crippen LogP contribution is 2.20. The molecule has 0 radical (unpaired) electrons. The molecule has 1 amide bonds. The van der Waals surface area contributed by atoms with Crippen LogP contribution in [-0.4, -0.2) is 96.6 Å². The molecule has 0 aromatic carbocycles.